The Bertz CT molecular complexity index is 161. The average Bonchev–Trinajstić information content (AvgIpc) is 2.23. The SMILES string of the molecule is CCCCC(C)NCC1CCCC(O)C1. The van der Waals surface area contributed by atoms with Crippen LogP contribution in [0, 0.1) is 5.92 Å². The molecule has 3 atom stereocenters. The van der Waals surface area contributed by atoms with Crippen LogP contribution in [0.15, 0.2) is 0 Å². The van der Waals surface area contributed by atoms with Crippen molar-refractivity contribution in [3.8, 4) is 0 Å². The van der Waals surface area contributed by atoms with Gasteiger partial charge < -0.3 is 10.4 Å². The highest BCUT2D eigenvalue weighted by Crippen LogP contribution is 2.23. The first kappa shape index (κ1) is 13.0. The van der Waals surface area contributed by atoms with Gasteiger partial charge in [0, 0.05) is 6.04 Å². The Morgan fingerprint density at radius 2 is 2.20 bits per heavy atom. The van der Waals surface area contributed by atoms with Crippen LogP contribution in [-0.4, -0.2) is 23.8 Å². The molecule has 0 radical (unpaired) electrons. The number of hydrogen-bond acceptors (Lipinski definition) is 2. The molecule has 0 spiro atoms. The molecule has 2 nitrogen and oxygen atoms in total. The summed E-state index contributed by atoms with van der Waals surface area (Å²) < 4.78 is 0. The Hall–Kier alpha value is -0.0800. The van der Waals surface area contributed by atoms with Gasteiger partial charge in [-0.3, -0.25) is 0 Å². The van der Waals surface area contributed by atoms with E-state index in [0.717, 1.165) is 19.4 Å². The normalized spacial score (nSPS) is 29.0. The van der Waals surface area contributed by atoms with Gasteiger partial charge in [0.25, 0.3) is 0 Å². The molecular formula is C13H27NO. The molecule has 1 aliphatic rings. The second-order valence-electron chi connectivity index (χ2n) is 5.14. The predicted molar refractivity (Wildman–Crippen MR) is 65.0 cm³/mol. The van der Waals surface area contributed by atoms with Crippen molar-refractivity contribution in [2.45, 2.75) is 70.9 Å². The summed E-state index contributed by atoms with van der Waals surface area (Å²) in [5, 5.41) is 13.2. The van der Waals surface area contributed by atoms with Crippen LogP contribution in [0.3, 0.4) is 0 Å². The molecule has 1 fully saturated rings. The summed E-state index contributed by atoms with van der Waals surface area (Å²) in [7, 11) is 0. The van der Waals surface area contributed by atoms with Gasteiger partial charge in [-0.2, -0.15) is 0 Å². The number of aliphatic hydroxyl groups is 1. The predicted octanol–water partition coefficient (Wildman–Crippen LogP) is 2.71. The highest BCUT2D eigenvalue weighted by molar-refractivity contribution is 4.75. The molecule has 0 aromatic carbocycles. The molecule has 3 unspecified atom stereocenters. The average molecular weight is 213 g/mol. The Kier molecular flexibility index (Phi) is 6.26. The van der Waals surface area contributed by atoms with E-state index in [0.29, 0.717) is 12.0 Å². The van der Waals surface area contributed by atoms with Gasteiger partial charge in [-0.25, -0.2) is 0 Å². The van der Waals surface area contributed by atoms with E-state index in [1.165, 1.54) is 32.1 Å². The maximum Gasteiger partial charge on any atom is 0.0543 e. The first-order valence-corrected chi connectivity index (χ1v) is 6.63. The number of nitrogens with one attached hydrogen (secondary N) is 1. The Morgan fingerprint density at radius 1 is 1.40 bits per heavy atom. The third kappa shape index (κ3) is 5.53. The molecule has 1 aliphatic carbocycles. The van der Waals surface area contributed by atoms with Crippen molar-refractivity contribution in [1.29, 1.82) is 0 Å². The van der Waals surface area contributed by atoms with Gasteiger partial charge in [0.15, 0.2) is 0 Å². The Balaban J connectivity index is 2.07. The molecule has 1 rings (SSSR count). The van der Waals surface area contributed by atoms with Crippen LogP contribution in [0.5, 0.6) is 0 Å². The summed E-state index contributed by atoms with van der Waals surface area (Å²) in [6, 6.07) is 0.643. The molecule has 0 heterocycles. The van der Waals surface area contributed by atoms with Crippen LogP contribution < -0.4 is 5.32 Å². The van der Waals surface area contributed by atoms with Crippen molar-refractivity contribution < 1.29 is 5.11 Å². The molecule has 0 aromatic heterocycles. The van der Waals surface area contributed by atoms with E-state index in [4.69, 9.17) is 0 Å². The molecule has 0 bridgehead atoms. The molecule has 0 saturated heterocycles. The number of rotatable bonds is 6. The molecule has 15 heavy (non-hydrogen) atoms. The molecule has 0 amide bonds. The van der Waals surface area contributed by atoms with E-state index >= 15 is 0 Å². The van der Waals surface area contributed by atoms with Crippen molar-refractivity contribution in [3.05, 3.63) is 0 Å². The van der Waals surface area contributed by atoms with E-state index in [1.54, 1.807) is 0 Å². The highest BCUT2D eigenvalue weighted by Gasteiger charge is 2.19. The molecule has 90 valence electrons. The lowest BCUT2D eigenvalue weighted by molar-refractivity contribution is 0.0996. The largest absolute Gasteiger partial charge is 0.393 e. The smallest absolute Gasteiger partial charge is 0.0543 e. The Labute approximate surface area is 94.5 Å². The minimum atomic E-state index is -0.0310. The summed E-state index contributed by atoms with van der Waals surface area (Å²) in [6.07, 6.45) is 8.38. The van der Waals surface area contributed by atoms with Crippen LogP contribution in [0.2, 0.25) is 0 Å². The van der Waals surface area contributed by atoms with E-state index in [9.17, 15) is 5.11 Å². The van der Waals surface area contributed by atoms with Gasteiger partial charge in [-0.1, -0.05) is 26.2 Å². The first-order valence-electron chi connectivity index (χ1n) is 6.63. The zero-order valence-electron chi connectivity index (χ0n) is 10.3. The topological polar surface area (TPSA) is 32.3 Å². The van der Waals surface area contributed by atoms with E-state index in [2.05, 4.69) is 19.2 Å². The first-order chi connectivity index (χ1) is 7.22. The van der Waals surface area contributed by atoms with Gasteiger partial charge in [-0.05, 0) is 45.1 Å². The number of hydrogen-bond donors (Lipinski definition) is 2. The lowest BCUT2D eigenvalue weighted by Crippen LogP contribution is -2.34. The lowest BCUT2D eigenvalue weighted by Gasteiger charge is -2.27. The fourth-order valence-electron chi connectivity index (χ4n) is 2.43. The van der Waals surface area contributed by atoms with Gasteiger partial charge >= 0.3 is 0 Å². The summed E-state index contributed by atoms with van der Waals surface area (Å²) in [4.78, 5) is 0. The van der Waals surface area contributed by atoms with Gasteiger partial charge in [0.2, 0.25) is 0 Å². The molecule has 2 N–H and O–H groups in total. The Morgan fingerprint density at radius 3 is 2.87 bits per heavy atom. The van der Waals surface area contributed by atoms with Crippen molar-refractivity contribution in [3.63, 3.8) is 0 Å². The maximum absolute atomic E-state index is 9.56. The highest BCUT2D eigenvalue weighted by atomic mass is 16.3. The van der Waals surface area contributed by atoms with E-state index < -0.39 is 0 Å². The van der Waals surface area contributed by atoms with Crippen molar-refractivity contribution in [2.24, 2.45) is 5.92 Å². The fourth-order valence-corrected chi connectivity index (χ4v) is 2.43. The fraction of sp³-hybridized carbons (Fsp3) is 1.00. The zero-order chi connectivity index (χ0) is 11.1. The summed E-state index contributed by atoms with van der Waals surface area (Å²) in [5.74, 6) is 0.706. The second-order valence-corrected chi connectivity index (χ2v) is 5.14. The lowest BCUT2D eigenvalue weighted by atomic mass is 9.87. The van der Waals surface area contributed by atoms with E-state index in [1.807, 2.05) is 0 Å². The minimum Gasteiger partial charge on any atom is -0.393 e. The molecule has 1 saturated carbocycles. The molecule has 2 heteroatoms. The van der Waals surface area contributed by atoms with Gasteiger partial charge in [0.1, 0.15) is 0 Å². The second kappa shape index (κ2) is 7.24. The molecule has 0 aromatic rings. The van der Waals surface area contributed by atoms with Crippen LogP contribution >= 0.6 is 0 Å². The minimum absolute atomic E-state index is 0.0310. The van der Waals surface area contributed by atoms with Crippen molar-refractivity contribution in [2.75, 3.05) is 6.54 Å². The van der Waals surface area contributed by atoms with Crippen molar-refractivity contribution in [1.82, 2.24) is 5.32 Å². The van der Waals surface area contributed by atoms with Gasteiger partial charge in [0.05, 0.1) is 6.10 Å². The maximum atomic E-state index is 9.56. The van der Waals surface area contributed by atoms with Crippen molar-refractivity contribution >= 4 is 0 Å². The number of unbranched alkanes of at least 4 members (excludes halogenated alkanes) is 1. The zero-order valence-corrected chi connectivity index (χ0v) is 10.3. The summed E-state index contributed by atoms with van der Waals surface area (Å²) >= 11 is 0. The van der Waals surface area contributed by atoms with Crippen LogP contribution in [-0.2, 0) is 0 Å². The quantitative estimate of drug-likeness (QED) is 0.711. The molecule has 0 aliphatic heterocycles. The summed E-state index contributed by atoms with van der Waals surface area (Å²) in [5.41, 5.74) is 0. The van der Waals surface area contributed by atoms with Crippen LogP contribution in [0.1, 0.15) is 58.8 Å². The van der Waals surface area contributed by atoms with E-state index in [-0.39, 0.29) is 6.10 Å². The molecular weight excluding hydrogens is 186 g/mol. The third-order valence-electron chi connectivity index (χ3n) is 3.50. The third-order valence-corrected chi connectivity index (χ3v) is 3.50. The number of aliphatic hydroxyl groups excluding tert-OH is 1. The monoisotopic (exact) mass is 213 g/mol. The van der Waals surface area contributed by atoms with Crippen LogP contribution in [0.4, 0.5) is 0 Å². The standard InChI is InChI=1S/C13H27NO/c1-3-4-6-11(2)14-10-12-7-5-8-13(15)9-12/h11-15H,3-10H2,1-2H3. The van der Waals surface area contributed by atoms with Gasteiger partial charge in [-0.15, -0.1) is 0 Å². The van der Waals surface area contributed by atoms with Crippen LogP contribution in [0.25, 0.3) is 0 Å². The summed E-state index contributed by atoms with van der Waals surface area (Å²) in [6.45, 7) is 5.61.